The van der Waals surface area contributed by atoms with Gasteiger partial charge < -0.3 is 24.3 Å². The van der Waals surface area contributed by atoms with Crippen LogP contribution in [0, 0.1) is 6.92 Å². The van der Waals surface area contributed by atoms with E-state index in [9.17, 15) is 4.79 Å². The van der Waals surface area contributed by atoms with E-state index in [-0.39, 0.29) is 12.1 Å². The van der Waals surface area contributed by atoms with Crippen molar-refractivity contribution in [1.82, 2.24) is 24.6 Å². The fourth-order valence-corrected chi connectivity index (χ4v) is 5.35. The molecule has 1 atom stereocenters. The maximum Gasteiger partial charge on any atom is 0.318 e. The molecule has 3 heterocycles. The number of nitrogens with zero attached hydrogens (tertiary/aromatic N) is 4. The number of benzene rings is 3. The Morgan fingerprint density at radius 1 is 0.925 bits per heavy atom. The van der Waals surface area contributed by atoms with Crippen LogP contribution < -0.4 is 14.8 Å². The molecule has 1 aliphatic rings. The molecule has 1 aliphatic heterocycles. The van der Waals surface area contributed by atoms with E-state index in [1.807, 2.05) is 108 Å². The summed E-state index contributed by atoms with van der Waals surface area (Å²) in [5.41, 5.74) is 5.74. The van der Waals surface area contributed by atoms with Crippen LogP contribution in [0.1, 0.15) is 34.1 Å². The van der Waals surface area contributed by atoms with Crippen LogP contribution >= 0.6 is 0 Å². The van der Waals surface area contributed by atoms with Crippen LogP contribution in [0.3, 0.4) is 0 Å². The molecule has 0 fully saturated rings. The molecule has 6 rings (SSSR count). The second-order valence-electron chi connectivity index (χ2n) is 9.75. The van der Waals surface area contributed by atoms with Crippen molar-refractivity contribution in [3.05, 3.63) is 125 Å². The number of fused-ring (bicyclic) bond motifs is 3. The van der Waals surface area contributed by atoms with Gasteiger partial charge in [0, 0.05) is 18.3 Å². The SMILES string of the molecule is COc1ccc(C2c3cccn3-c3c(c(C)nn3-c3ccccc3)CN2C(=O)NCc2cccc(OC)c2)cc1. The largest absolute Gasteiger partial charge is 0.497 e. The van der Waals surface area contributed by atoms with Gasteiger partial charge in [-0.15, -0.1) is 0 Å². The van der Waals surface area contributed by atoms with Crippen molar-refractivity contribution in [2.75, 3.05) is 14.2 Å². The number of hydrogen-bond donors (Lipinski definition) is 1. The first kappa shape index (κ1) is 25.3. The Morgan fingerprint density at radius 2 is 1.70 bits per heavy atom. The Morgan fingerprint density at radius 3 is 2.45 bits per heavy atom. The Balaban J connectivity index is 1.45. The summed E-state index contributed by atoms with van der Waals surface area (Å²) >= 11 is 0. The summed E-state index contributed by atoms with van der Waals surface area (Å²) in [6.07, 6.45) is 2.04. The summed E-state index contributed by atoms with van der Waals surface area (Å²) in [4.78, 5) is 15.9. The number of hydrogen-bond acceptors (Lipinski definition) is 4. The number of methoxy groups -OCH3 is 2. The molecule has 40 heavy (non-hydrogen) atoms. The highest BCUT2D eigenvalue weighted by atomic mass is 16.5. The number of aromatic nitrogens is 3. The number of aryl methyl sites for hydroxylation is 1. The lowest BCUT2D eigenvalue weighted by molar-refractivity contribution is 0.180. The van der Waals surface area contributed by atoms with Gasteiger partial charge in [0.15, 0.2) is 0 Å². The summed E-state index contributed by atoms with van der Waals surface area (Å²) in [6, 6.07) is 29.3. The molecule has 0 spiro atoms. The van der Waals surface area contributed by atoms with Crippen molar-refractivity contribution in [3.63, 3.8) is 0 Å². The van der Waals surface area contributed by atoms with E-state index in [4.69, 9.17) is 14.6 Å². The number of amides is 2. The first-order valence-corrected chi connectivity index (χ1v) is 13.2. The van der Waals surface area contributed by atoms with E-state index >= 15 is 0 Å². The second-order valence-corrected chi connectivity index (χ2v) is 9.75. The highest BCUT2D eigenvalue weighted by molar-refractivity contribution is 5.76. The van der Waals surface area contributed by atoms with E-state index in [2.05, 4.69) is 16.0 Å². The zero-order valence-corrected chi connectivity index (χ0v) is 22.7. The Bertz CT molecular complexity index is 1640. The number of carbonyl (C=O) groups excluding carboxylic acids is 1. The lowest BCUT2D eigenvalue weighted by Crippen LogP contribution is -2.41. The fraction of sp³-hybridized carbons (Fsp3) is 0.188. The highest BCUT2D eigenvalue weighted by Crippen LogP contribution is 2.38. The van der Waals surface area contributed by atoms with Gasteiger partial charge in [0.05, 0.1) is 43.9 Å². The summed E-state index contributed by atoms with van der Waals surface area (Å²) in [5.74, 6) is 2.45. The van der Waals surface area contributed by atoms with Gasteiger partial charge in [-0.05, 0) is 66.6 Å². The third kappa shape index (κ3) is 4.58. The van der Waals surface area contributed by atoms with E-state index in [1.165, 1.54) is 0 Å². The fourth-order valence-electron chi connectivity index (χ4n) is 5.35. The van der Waals surface area contributed by atoms with E-state index in [0.29, 0.717) is 13.1 Å². The molecular weight excluding hydrogens is 502 g/mol. The smallest absolute Gasteiger partial charge is 0.318 e. The molecule has 3 aromatic carbocycles. The molecule has 5 aromatic rings. The van der Waals surface area contributed by atoms with Crippen molar-refractivity contribution < 1.29 is 14.3 Å². The van der Waals surface area contributed by atoms with Gasteiger partial charge in [-0.3, -0.25) is 0 Å². The number of nitrogens with one attached hydrogen (secondary N) is 1. The summed E-state index contributed by atoms with van der Waals surface area (Å²) in [6.45, 7) is 2.76. The van der Waals surface area contributed by atoms with Crippen molar-refractivity contribution in [3.8, 4) is 23.0 Å². The van der Waals surface area contributed by atoms with E-state index in [0.717, 1.165) is 51.1 Å². The molecular formula is C32H31N5O3. The zero-order chi connectivity index (χ0) is 27.6. The molecule has 0 aliphatic carbocycles. The van der Waals surface area contributed by atoms with Gasteiger partial charge in [0.2, 0.25) is 0 Å². The molecule has 1 N–H and O–H groups in total. The molecule has 8 heteroatoms. The lowest BCUT2D eigenvalue weighted by atomic mass is 10.0. The minimum Gasteiger partial charge on any atom is -0.497 e. The van der Waals surface area contributed by atoms with Crippen molar-refractivity contribution >= 4 is 6.03 Å². The third-order valence-corrected chi connectivity index (χ3v) is 7.36. The van der Waals surface area contributed by atoms with Gasteiger partial charge >= 0.3 is 6.03 Å². The third-order valence-electron chi connectivity index (χ3n) is 7.36. The Labute approximate surface area is 233 Å². The van der Waals surface area contributed by atoms with Crippen LogP contribution in [-0.4, -0.2) is 39.5 Å². The zero-order valence-electron chi connectivity index (χ0n) is 22.7. The van der Waals surface area contributed by atoms with Gasteiger partial charge in [-0.1, -0.05) is 42.5 Å². The van der Waals surface area contributed by atoms with Gasteiger partial charge in [-0.2, -0.15) is 5.10 Å². The molecule has 1 unspecified atom stereocenters. The molecule has 0 bridgehead atoms. The topological polar surface area (TPSA) is 73.5 Å². The molecule has 2 aromatic heterocycles. The standard InChI is InChI=1S/C32H31N5O3/c1-22-28-21-36(32(38)33-20-23-9-7-12-27(19-23)40-3)30(24-14-16-26(39-2)17-15-24)29-13-8-18-35(29)31(28)37(34-22)25-10-5-4-6-11-25/h4-19,30H,20-21H2,1-3H3,(H,33,38). The number of ether oxygens (including phenoxy) is 2. The monoisotopic (exact) mass is 533 g/mol. The lowest BCUT2D eigenvalue weighted by Gasteiger charge is -2.31. The van der Waals surface area contributed by atoms with Crippen LogP contribution in [0.15, 0.2) is 97.2 Å². The van der Waals surface area contributed by atoms with Crippen LogP contribution in [0.2, 0.25) is 0 Å². The van der Waals surface area contributed by atoms with Crippen molar-refractivity contribution in [2.45, 2.75) is 26.1 Å². The Hall–Kier alpha value is -4.98. The van der Waals surface area contributed by atoms with Crippen LogP contribution in [0.25, 0.3) is 11.5 Å². The summed E-state index contributed by atoms with van der Waals surface area (Å²) in [7, 11) is 3.29. The number of urea groups is 1. The quantitative estimate of drug-likeness (QED) is 0.299. The first-order valence-electron chi connectivity index (χ1n) is 13.2. The normalized spacial score (nSPS) is 14.2. The predicted molar refractivity (Wildman–Crippen MR) is 153 cm³/mol. The second kappa shape index (κ2) is 10.6. The first-order chi connectivity index (χ1) is 19.6. The van der Waals surface area contributed by atoms with E-state index < -0.39 is 0 Å². The van der Waals surface area contributed by atoms with Crippen LogP contribution in [0.5, 0.6) is 11.5 Å². The van der Waals surface area contributed by atoms with Gasteiger partial charge in [0.25, 0.3) is 0 Å². The molecule has 0 saturated carbocycles. The average molecular weight is 534 g/mol. The molecule has 0 saturated heterocycles. The molecule has 0 radical (unpaired) electrons. The van der Waals surface area contributed by atoms with Gasteiger partial charge in [-0.25, -0.2) is 9.48 Å². The maximum absolute atomic E-state index is 14.0. The van der Waals surface area contributed by atoms with Crippen LogP contribution in [-0.2, 0) is 13.1 Å². The summed E-state index contributed by atoms with van der Waals surface area (Å²) in [5, 5.41) is 8.07. The number of rotatable bonds is 6. The van der Waals surface area contributed by atoms with E-state index in [1.54, 1.807) is 14.2 Å². The maximum atomic E-state index is 14.0. The summed E-state index contributed by atoms with van der Waals surface area (Å²) < 4.78 is 14.9. The highest BCUT2D eigenvalue weighted by Gasteiger charge is 2.36. The van der Waals surface area contributed by atoms with Crippen LogP contribution in [0.4, 0.5) is 4.79 Å². The molecule has 8 nitrogen and oxygen atoms in total. The van der Waals surface area contributed by atoms with Crippen molar-refractivity contribution in [1.29, 1.82) is 0 Å². The number of carbonyl (C=O) groups is 1. The molecule has 202 valence electrons. The van der Waals surface area contributed by atoms with Gasteiger partial charge in [0.1, 0.15) is 17.3 Å². The predicted octanol–water partition coefficient (Wildman–Crippen LogP) is 5.80. The minimum atomic E-state index is -0.345. The minimum absolute atomic E-state index is 0.170. The Kier molecular flexibility index (Phi) is 6.74. The molecule has 2 amide bonds. The average Bonchev–Trinajstić information content (AvgIpc) is 3.56. The number of para-hydroxylation sites is 1. The van der Waals surface area contributed by atoms with Crippen molar-refractivity contribution in [2.24, 2.45) is 0 Å².